The van der Waals surface area contributed by atoms with Crippen LogP contribution in [0.2, 0.25) is 0 Å². The fourth-order valence-electron chi connectivity index (χ4n) is 2.99. The van der Waals surface area contributed by atoms with Crippen LogP contribution < -0.4 is 4.74 Å². The van der Waals surface area contributed by atoms with Gasteiger partial charge in [0.1, 0.15) is 11.5 Å². The number of methoxy groups -OCH3 is 1. The molecular formula is C17H24O2. The lowest BCUT2D eigenvalue weighted by atomic mass is 9.85. The van der Waals surface area contributed by atoms with Crippen molar-refractivity contribution in [2.75, 3.05) is 7.11 Å². The smallest absolute Gasteiger partial charge is 0.137 e. The van der Waals surface area contributed by atoms with E-state index in [2.05, 4.69) is 0 Å². The molecule has 0 spiro atoms. The summed E-state index contributed by atoms with van der Waals surface area (Å²) in [5.74, 6) is 1.96. The molecule has 0 bridgehead atoms. The fraction of sp³-hybridized carbons (Fsp3) is 0.588. The van der Waals surface area contributed by atoms with Gasteiger partial charge in [-0.3, -0.25) is 4.79 Å². The highest BCUT2D eigenvalue weighted by atomic mass is 16.5. The van der Waals surface area contributed by atoms with E-state index in [0.717, 1.165) is 30.1 Å². The fourth-order valence-corrected chi connectivity index (χ4v) is 2.99. The summed E-state index contributed by atoms with van der Waals surface area (Å²) in [6.45, 7) is 0. The van der Waals surface area contributed by atoms with Crippen molar-refractivity contribution in [2.24, 2.45) is 5.92 Å². The number of ketones is 1. The molecule has 0 heterocycles. The Kier molecular flexibility index (Phi) is 5.44. The maximum absolute atomic E-state index is 12.1. The van der Waals surface area contributed by atoms with Crippen molar-refractivity contribution < 1.29 is 9.53 Å². The summed E-state index contributed by atoms with van der Waals surface area (Å²) in [6.07, 6.45) is 9.04. The third-order valence-corrected chi connectivity index (χ3v) is 4.14. The number of ether oxygens (including phenoxy) is 1. The quantitative estimate of drug-likeness (QED) is 0.767. The van der Waals surface area contributed by atoms with Gasteiger partial charge in [-0.1, -0.05) is 50.3 Å². The minimum atomic E-state index is 0.343. The number of hydrogen-bond donors (Lipinski definition) is 0. The Labute approximate surface area is 116 Å². The molecule has 0 amide bonds. The first-order valence-corrected chi connectivity index (χ1v) is 7.43. The summed E-state index contributed by atoms with van der Waals surface area (Å²) in [5.41, 5.74) is 1.01. The maximum Gasteiger partial charge on any atom is 0.137 e. The van der Waals surface area contributed by atoms with E-state index in [1.165, 1.54) is 32.1 Å². The molecule has 104 valence electrons. The number of carbonyl (C=O) groups excluding carboxylic acids is 1. The highest BCUT2D eigenvalue weighted by Gasteiger charge is 2.15. The molecular weight excluding hydrogens is 236 g/mol. The summed E-state index contributed by atoms with van der Waals surface area (Å²) >= 11 is 0. The number of benzene rings is 1. The average Bonchev–Trinajstić information content (AvgIpc) is 2.47. The zero-order chi connectivity index (χ0) is 13.5. The largest absolute Gasteiger partial charge is 0.496 e. The Morgan fingerprint density at radius 2 is 1.95 bits per heavy atom. The molecule has 0 unspecified atom stereocenters. The minimum Gasteiger partial charge on any atom is -0.496 e. The summed E-state index contributed by atoms with van der Waals surface area (Å²) in [6, 6.07) is 7.81. The van der Waals surface area contributed by atoms with Crippen LogP contribution in [0.1, 0.15) is 50.5 Å². The second kappa shape index (κ2) is 7.32. The molecule has 1 aliphatic carbocycles. The summed E-state index contributed by atoms with van der Waals surface area (Å²) < 4.78 is 5.29. The van der Waals surface area contributed by atoms with Gasteiger partial charge in [-0.15, -0.1) is 0 Å². The Bertz CT molecular complexity index is 405. The van der Waals surface area contributed by atoms with E-state index in [-0.39, 0.29) is 0 Å². The van der Waals surface area contributed by atoms with Crippen LogP contribution >= 0.6 is 0 Å². The van der Waals surface area contributed by atoms with Crippen molar-refractivity contribution in [1.29, 1.82) is 0 Å². The highest BCUT2D eigenvalue weighted by Crippen LogP contribution is 2.27. The van der Waals surface area contributed by atoms with Crippen molar-refractivity contribution in [2.45, 2.75) is 51.4 Å². The second-order valence-corrected chi connectivity index (χ2v) is 5.57. The Morgan fingerprint density at radius 1 is 1.21 bits per heavy atom. The van der Waals surface area contributed by atoms with Crippen LogP contribution in [0, 0.1) is 5.92 Å². The van der Waals surface area contributed by atoms with E-state index in [1.54, 1.807) is 7.11 Å². The van der Waals surface area contributed by atoms with Crippen LogP contribution in [-0.2, 0) is 11.2 Å². The van der Waals surface area contributed by atoms with Crippen molar-refractivity contribution in [3.63, 3.8) is 0 Å². The monoisotopic (exact) mass is 260 g/mol. The van der Waals surface area contributed by atoms with Gasteiger partial charge < -0.3 is 4.74 Å². The molecule has 0 aliphatic heterocycles. The molecule has 1 aromatic carbocycles. The van der Waals surface area contributed by atoms with Gasteiger partial charge in [-0.2, -0.15) is 0 Å². The highest BCUT2D eigenvalue weighted by molar-refractivity contribution is 5.81. The first-order valence-electron chi connectivity index (χ1n) is 7.43. The van der Waals surface area contributed by atoms with Crippen LogP contribution in [0.25, 0.3) is 0 Å². The summed E-state index contributed by atoms with van der Waals surface area (Å²) in [4.78, 5) is 12.1. The SMILES string of the molecule is COc1ccccc1CC(=O)CCC1CCCCC1. The lowest BCUT2D eigenvalue weighted by Gasteiger charge is -2.20. The molecule has 2 nitrogen and oxygen atoms in total. The number of carbonyl (C=O) groups is 1. The Hall–Kier alpha value is -1.31. The number of hydrogen-bond acceptors (Lipinski definition) is 2. The summed E-state index contributed by atoms with van der Waals surface area (Å²) in [7, 11) is 1.66. The van der Waals surface area contributed by atoms with Gasteiger partial charge in [-0.05, 0) is 18.4 Å². The number of rotatable bonds is 6. The third-order valence-electron chi connectivity index (χ3n) is 4.14. The third kappa shape index (κ3) is 4.38. The van der Waals surface area contributed by atoms with Gasteiger partial charge in [-0.25, -0.2) is 0 Å². The van der Waals surface area contributed by atoms with Crippen molar-refractivity contribution in [3.05, 3.63) is 29.8 Å². The van der Waals surface area contributed by atoms with E-state index in [9.17, 15) is 4.79 Å². The number of Topliss-reactive ketones (excluding diaryl/α,β-unsaturated/α-hetero) is 1. The van der Waals surface area contributed by atoms with Crippen molar-refractivity contribution >= 4 is 5.78 Å². The van der Waals surface area contributed by atoms with E-state index in [4.69, 9.17) is 4.74 Å². The standard InChI is InChI=1S/C17H24O2/c1-19-17-10-6-5-9-15(17)13-16(18)12-11-14-7-3-2-4-8-14/h5-6,9-10,14H,2-4,7-8,11-13H2,1H3. The average molecular weight is 260 g/mol. The lowest BCUT2D eigenvalue weighted by Crippen LogP contribution is -2.10. The molecule has 1 aromatic rings. The van der Waals surface area contributed by atoms with Gasteiger partial charge in [0.2, 0.25) is 0 Å². The Morgan fingerprint density at radius 3 is 2.68 bits per heavy atom. The predicted molar refractivity (Wildman–Crippen MR) is 77.5 cm³/mol. The van der Waals surface area contributed by atoms with Gasteiger partial charge >= 0.3 is 0 Å². The van der Waals surface area contributed by atoms with Crippen LogP contribution in [0.4, 0.5) is 0 Å². The summed E-state index contributed by atoms with van der Waals surface area (Å²) in [5, 5.41) is 0. The van der Waals surface area contributed by atoms with Gasteiger partial charge in [0.05, 0.1) is 7.11 Å². The van der Waals surface area contributed by atoms with Crippen LogP contribution in [-0.4, -0.2) is 12.9 Å². The molecule has 1 fully saturated rings. The molecule has 19 heavy (non-hydrogen) atoms. The van der Waals surface area contributed by atoms with Gasteiger partial charge in [0.25, 0.3) is 0 Å². The van der Waals surface area contributed by atoms with Crippen LogP contribution in [0.15, 0.2) is 24.3 Å². The molecule has 2 heteroatoms. The Balaban J connectivity index is 1.80. The molecule has 1 aliphatic rings. The van der Waals surface area contributed by atoms with Crippen LogP contribution in [0.5, 0.6) is 5.75 Å². The first-order chi connectivity index (χ1) is 9.29. The van der Waals surface area contributed by atoms with E-state index in [1.807, 2.05) is 24.3 Å². The molecule has 2 rings (SSSR count). The van der Waals surface area contributed by atoms with E-state index in [0.29, 0.717) is 12.2 Å². The minimum absolute atomic E-state index is 0.343. The number of para-hydroxylation sites is 1. The molecule has 0 radical (unpaired) electrons. The zero-order valence-corrected chi connectivity index (χ0v) is 11.9. The normalized spacial score (nSPS) is 16.3. The molecule has 0 aromatic heterocycles. The predicted octanol–water partition coefficient (Wildman–Crippen LogP) is 4.17. The van der Waals surface area contributed by atoms with Crippen molar-refractivity contribution in [1.82, 2.24) is 0 Å². The topological polar surface area (TPSA) is 26.3 Å². The van der Waals surface area contributed by atoms with Crippen LogP contribution in [0.3, 0.4) is 0 Å². The van der Waals surface area contributed by atoms with Gasteiger partial charge in [0, 0.05) is 18.4 Å². The second-order valence-electron chi connectivity index (χ2n) is 5.57. The molecule has 1 saturated carbocycles. The molecule has 0 atom stereocenters. The molecule has 0 saturated heterocycles. The van der Waals surface area contributed by atoms with Crippen molar-refractivity contribution in [3.8, 4) is 5.75 Å². The van der Waals surface area contributed by atoms with E-state index >= 15 is 0 Å². The zero-order valence-electron chi connectivity index (χ0n) is 11.9. The maximum atomic E-state index is 12.1. The van der Waals surface area contributed by atoms with E-state index < -0.39 is 0 Å². The van der Waals surface area contributed by atoms with Gasteiger partial charge in [0.15, 0.2) is 0 Å². The first kappa shape index (κ1) is 14.1. The lowest BCUT2D eigenvalue weighted by molar-refractivity contribution is -0.118. The molecule has 0 N–H and O–H groups in total.